The van der Waals surface area contributed by atoms with Crippen LogP contribution in [0.3, 0.4) is 0 Å². The molecule has 1 atom stereocenters. The maximum Gasteiger partial charge on any atom is 0.272 e. The standard InChI is InChI=1S/C17H17BrN4O/c1-10-4-5-14(11(2)6-10)12(3)20-17(23)15-7-16-19-8-13(18)9-22(16)21-15/h4-9,12H,1-3H3,(H,20,23). The van der Waals surface area contributed by atoms with E-state index < -0.39 is 0 Å². The highest BCUT2D eigenvalue weighted by Crippen LogP contribution is 2.19. The lowest BCUT2D eigenvalue weighted by molar-refractivity contribution is 0.0934. The molecule has 1 unspecified atom stereocenters. The average molecular weight is 373 g/mol. The van der Waals surface area contributed by atoms with Gasteiger partial charge in [-0.1, -0.05) is 23.8 Å². The van der Waals surface area contributed by atoms with Crippen molar-refractivity contribution < 1.29 is 4.79 Å². The number of halogens is 1. The second kappa shape index (κ2) is 6.12. The van der Waals surface area contributed by atoms with E-state index in [0.29, 0.717) is 11.3 Å². The van der Waals surface area contributed by atoms with Gasteiger partial charge in [-0.2, -0.15) is 5.10 Å². The molecule has 118 valence electrons. The summed E-state index contributed by atoms with van der Waals surface area (Å²) in [6.07, 6.45) is 3.45. The number of amides is 1. The van der Waals surface area contributed by atoms with Crippen molar-refractivity contribution in [3.05, 3.63) is 63.5 Å². The van der Waals surface area contributed by atoms with Gasteiger partial charge in [-0.05, 0) is 47.8 Å². The van der Waals surface area contributed by atoms with Crippen LogP contribution in [0.2, 0.25) is 0 Å². The van der Waals surface area contributed by atoms with Crippen LogP contribution in [-0.2, 0) is 0 Å². The molecule has 0 radical (unpaired) electrons. The van der Waals surface area contributed by atoms with Crippen LogP contribution in [0, 0.1) is 13.8 Å². The Morgan fingerprint density at radius 2 is 2.09 bits per heavy atom. The number of carbonyl (C=O) groups excluding carboxylic acids is 1. The maximum atomic E-state index is 12.4. The Bertz CT molecular complexity index is 887. The minimum atomic E-state index is -0.209. The first-order valence-corrected chi connectivity index (χ1v) is 8.12. The molecular weight excluding hydrogens is 356 g/mol. The lowest BCUT2D eigenvalue weighted by atomic mass is 10.0. The zero-order valence-corrected chi connectivity index (χ0v) is 14.8. The van der Waals surface area contributed by atoms with E-state index in [2.05, 4.69) is 63.4 Å². The first-order chi connectivity index (χ1) is 10.9. The number of benzene rings is 1. The summed E-state index contributed by atoms with van der Waals surface area (Å²) in [7, 11) is 0. The summed E-state index contributed by atoms with van der Waals surface area (Å²) in [6, 6.07) is 7.81. The summed E-state index contributed by atoms with van der Waals surface area (Å²) in [4.78, 5) is 16.7. The fourth-order valence-corrected chi connectivity index (χ4v) is 2.92. The van der Waals surface area contributed by atoms with Crippen LogP contribution in [-0.4, -0.2) is 20.5 Å². The first kappa shape index (κ1) is 15.7. The van der Waals surface area contributed by atoms with Crippen molar-refractivity contribution in [3.8, 4) is 0 Å². The molecule has 1 amide bonds. The molecule has 0 aliphatic heterocycles. The molecule has 3 aromatic rings. The Morgan fingerprint density at radius 3 is 2.83 bits per heavy atom. The Labute approximate surface area is 142 Å². The molecule has 1 N–H and O–H groups in total. The van der Waals surface area contributed by atoms with Crippen LogP contribution in [0.5, 0.6) is 0 Å². The molecule has 6 heteroatoms. The smallest absolute Gasteiger partial charge is 0.272 e. The molecule has 0 fully saturated rings. The number of aryl methyl sites for hydroxylation is 2. The lowest BCUT2D eigenvalue weighted by Gasteiger charge is -2.16. The number of carbonyl (C=O) groups is 1. The van der Waals surface area contributed by atoms with Gasteiger partial charge in [0.1, 0.15) is 0 Å². The number of nitrogens with zero attached hydrogens (tertiary/aromatic N) is 3. The second-order valence-electron chi connectivity index (χ2n) is 5.66. The maximum absolute atomic E-state index is 12.4. The molecule has 2 heterocycles. The molecule has 1 aromatic carbocycles. The van der Waals surface area contributed by atoms with Gasteiger partial charge >= 0.3 is 0 Å². The van der Waals surface area contributed by atoms with E-state index in [1.54, 1.807) is 23.0 Å². The van der Waals surface area contributed by atoms with E-state index >= 15 is 0 Å². The molecule has 0 bridgehead atoms. The van der Waals surface area contributed by atoms with Crippen molar-refractivity contribution in [3.63, 3.8) is 0 Å². The zero-order chi connectivity index (χ0) is 16.6. The fraction of sp³-hybridized carbons (Fsp3) is 0.235. The molecule has 2 aromatic heterocycles. The predicted molar refractivity (Wildman–Crippen MR) is 92.5 cm³/mol. The summed E-state index contributed by atoms with van der Waals surface area (Å²) in [6.45, 7) is 6.08. The Hall–Kier alpha value is -2.21. The van der Waals surface area contributed by atoms with Crippen molar-refractivity contribution in [2.45, 2.75) is 26.8 Å². The van der Waals surface area contributed by atoms with Gasteiger partial charge in [-0.3, -0.25) is 4.79 Å². The Kier molecular flexibility index (Phi) is 4.17. The Balaban J connectivity index is 1.82. The minimum absolute atomic E-state index is 0.0902. The lowest BCUT2D eigenvalue weighted by Crippen LogP contribution is -2.27. The summed E-state index contributed by atoms with van der Waals surface area (Å²) < 4.78 is 2.39. The van der Waals surface area contributed by atoms with Crippen LogP contribution in [0.1, 0.15) is 40.1 Å². The van der Waals surface area contributed by atoms with E-state index in [0.717, 1.165) is 10.0 Å². The zero-order valence-electron chi connectivity index (χ0n) is 13.2. The Morgan fingerprint density at radius 1 is 1.30 bits per heavy atom. The highest BCUT2D eigenvalue weighted by Gasteiger charge is 2.16. The van der Waals surface area contributed by atoms with Gasteiger partial charge in [-0.15, -0.1) is 0 Å². The van der Waals surface area contributed by atoms with Crippen molar-refractivity contribution in [2.75, 3.05) is 0 Å². The van der Waals surface area contributed by atoms with Crippen molar-refractivity contribution >= 4 is 27.5 Å². The predicted octanol–water partition coefficient (Wildman–Crippen LogP) is 3.60. The third-order valence-corrected chi connectivity index (χ3v) is 4.16. The van der Waals surface area contributed by atoms with Crippen LogP contribution in [0.15, 0.2) is 41.1 Å². The number of rotatable bonds is 3. The second-order valence-corrected chi connectivity index (χ2v) is 6.58. The molecule has 5 nitrogen and oxygen atoms in total. The normalized spacial score (nSPS) is 12.3. The van der Waals surface area contributed by atoms with Gasteiger partial charge < -0.3 is 5.32 Å². The number of fused-ring (bicyclic) bond motifs is 1. The van der Waals surface area contributed by atoms with Crippen LogP contribution < -0.4 is 5.32 Å². The number of nitrogens with one attached hydrogen (secondary N) is 1. The molecule has 0 aliphatic rings. The van der Waals surface area contributed by atoms with Gasteiger partial charge in [0.15, 0.2) is 11.3 Å². The summed E-state index contributed by atoms with van der Waals surface area (Å²) in [5.41, 5.74) is 4.47. The average Bonchev–Trinajstić information content (AvgIpc) is 2.90. The molecule has 0 saturated carbocycles. The number of aromatic nitrogens is 3. The summed E-state index contributed by atoms with van der Waals surface area (Å²) in [5, 5.41) is 7.26. The van der Waals surface area contributed by atoms with E-state index in [1.807, 2.05) is 6.92 Å². The summed E-state index contributed by atoms with van der Waals surface area (Å²) in [5.74, 6) is -0.209. The van der Waals surface area contributed by atoms with Gasteiger partial charge in [0.05, 0.1) is 10.5 Å². The van der Waals surface area contributed by atoms with Crippen LogP contribution in [0.25, 0.3) is 5.65 Å². The van der Waals surface area contributed by atoms with Gasteiger partial charge in [0, 0.05) is 18.5 Å². The molecule has 0 aliphatic carbocycles. The third-order valence-electron chi connectivity index (χ3n) is 3.75. The quantitative estimate of drug-likeness (QED) is 0.763. The van der Waals surface area contributed by atoms with Crippen LogP contribution in [0.4, 0.5) is 0 Å². The highest BCUT2D eigenvalue weighted by molar-refractivity contribution is 9.10. The van der Waals surface area contributed by atoms with Crippen molar-refractivity contribution in [1.29, 1.82) is 0 Å². The molecule has 23 heavy (non-hydrogen) atoms. The van der Waals surface area contributed by atoms with Gasteiger partial charge in [-0.25, -0.2) is 9.50 Å². The topological polar surface area (TPSA) is 59.3 Å². The molecular formula is C17H17BrN4O. The van der Waals surface area contributed by atoms with E-state index in [9.17, 15) is 4.79 Å². The van der Waals surface area contributed by atoms with Gasteiger partial charge in [0.25, 0.3) is 5.91 Å². The third kappa shape index (κ3) is 3.27. The molecule has 3 rings (SSSR count). The first-order valence-electron chi connectivity index (χ1n) is 7.33. The van der Waals surface area contributed by atoms with Crippen LogP contribution >= 0.6 is 15.9 Å². The monoisotopic (exact) mass is 372 g/mol. The summed E-state index contributed by atoms with van der Waals surface area (Å²) >= 11 is 3.34. The number of hydrogen-bond acceptors (Lipinski definition) is 3. The fourth-order valence-electron chi connectivity index (χ4n) is 2.62. The molecule has 0 saturated heterocycles. The van der Waals surface area contributed by atoms with E-state index in [-0.39, 0.29) is 11.9 Å². The largest absolute Gasteiger partial charge is 0.344 e. The van der Waals surface area contributed by atoms with E-state index in [4.69, 9.17) is 0 Å². The van der Waals surface area contributed by atoms with E-state index in [1.165, 1.54) is 11.1 Å². The SMILES string of the molecule is Cc1ccc(C(C)NC(=O)c2cc3ncc(Br)cn3n2)c(C)c1. The van der Waals surface area contributed by atoms with Crippen molar-refractivity contribution in [1.82, 2.24) is 19.9 Å². The molecule has 0 spiro atoms. The minimum Gasteiger partial charge on any atom is -0.344 e. The highest BCUT2D eigenvalue weighted by atomic mass is 79.9. The van der Waals surface area contributed by atoms with Gasteiger partial charge in [0.2, 0.25) is 0 Å². The van der Waals surface area contributed by atoms with Crippen molar-refractivity contribution in [2.24, 2.45) is 0 Å². The number of hydrogen-bond donors (Lipinski definition) is 1.